The monoisotopic (exact) mass is 336 g/mol. The van der Waals surface area contributed by atoms with Gasteiger partial charge in [-0.25, -0.2) is 0 Å². The molecule has 1 fully saturated rings. The Morgan fingerprint density at radius 1 is 1.26 bits per heavy atom. The molecule has 0 atom stereocenters. The SMILES string of the molecule is CCCNC(=O)C1CCN(C(=O)CCc2ccccc2Cl)CC1. The van der Waals surface area contributed by atoms with E-state index in [1.54, 1.807) is 0 Å². The topological polar surface area (TPSA) is 49.4 Å². The molecular formula is C18H25ClN2O2. The molecule has 0 saturated carbocycles. The zero-order chi connectivity index (χ0) is 16.7. The summed E-state index contributed by atoms with van der Waals surface area (Å²) < 4.78 is 0. The van der Waals surface area contributed by atoms with Crippen molar-refractivity contribution >= 4 is 23.4 Å². The lowest BCUT2D eigenvalue weighted by Crippen LogP contribution is -2.43. The van der Waals surface area contributed by atoms with Crippen molar-refractivity contribution in [3.63, 3.8) is 0 Å². The molecule has 23 heavy (non-hydrogen) atoms. The summed E-state index contributed by atoms with van der Waals surface area (Å²) in [7, 11) is 0. The van der Waals surface area contributed by atoms with Gasteiger partial charge < -0.3 is 10.2 Å². The molecule has 4 nitrogen and oxygen atoms in total. The minimum absolute atomic E-state index is 0.0502. The Morgan fingerprint density at radius 3 is 2.61 bits per heavy atom. The van der Waals surface area contributed by atoms with E-state index in [1.165, 1.54) is 0 Å². The lowest BCUT2D eigenvalue weighted by atomic mass is 9.95. The fourth-order valence-electron chi connectivity index (χ4n) is 2.88. The first-order valence-corrected chi connectivity index (χ1v) is 8.78. The second-order valence-corrected chi connectivity index (χ2v) is 6.44. The molecule has 0 bridgehead atoms. The van der Waals surface area contributed by atoms with Gasteiger partial charge in [-0.2, -0.15) is 0 Å². The lowest BCUT2D eigenvalue weighted by molar-refractivity contribution is -0.135. The quantitative estimate of drug-likeness (QED) is 0.868. The predicted molar refractivity (Wildman–Crippen MR) is 92.4 cm³/mol. The van der Waals surface area contributed by atoms with Crippen LogP contribution in [0.5, 0.6) is 0 Å². The highest BCUT2D eigenvalue weighted by Gasteiger charge is 2.26. The Bertz CT molecular complexity index is 540. The highest BCUT2D eigenvalue weighted by molar-refractivity contribution is 6.31. The third kappa shape index (κ3) is 5.24. The van der Waals surface area contributed by atoms with Crippen LogP contribution in [-0.4, -0.2) is 36.3 Å². The maximum atomic E-state index is 12.3. The maximum Gasteiger partial charge on any atom is 0.223 e. The Kier molecular flexibility index (Phi) is 6.90. The Labute approximate surface area is 143 Å². The third-order valence-electron chi connectivity index (χ3n) is 4.33. The summed E-state index contributed by atoms with van der Waals surface area (Å²) >= 11 is 6.12. The van der Waals surface area contributed by atoms with Crippen LogP contribution in [0.15, 0.2) is 24.3 Å². The van der Waals surface area contributed by atoms with E-state index >= 15 is 0 Å². The fourth-order valence-corrected chi connectivity index (χ4v) is 3.11. The summed E-state index contributed by atoms with van der Waals surface area (Å²) in [5.41, 5.74) is 1.01. The average molecular weight is 337 g/mol. The standard InChI is InChI=1S/C18H25ClN2O2/c1-2-11-20-18(23)15-9-12-21(13-10-15)17(22)8-7-14-5-3-4-6-16(14)19/h3-6,15H,2,7-13H2,1H3,(H,20,23). The Morgan fingerprint density at radius 2 is 1.96 bits per heavy atom. The highest BCUT2D eigenvalue weighted by atomic mass is 35.5. The molecule has 1 aliphatic rings. The fraction of sp³-hybridized carbons (Fsp3) is 0.556. The molecule has 1 aliphatic heterocycles. The second-order valence-electron chi connectivity index (χ2n) is 6.04. The molecular weight excluding hydrogens is 312 g/mol. The zero-order valence-corrected chi connectivity index (χ0v) is 14.4. The number of hydrogen-bond donors (Lipinski definition) is 1. The zero-order valence-electron chi connectivity index (χ0n) is 13.7. The van der Waals surface area contributed by atoms with E-state index in [0.717, 1.165) is 31.4 Å². The summed E-state index contributed by atoms with van der Waals surface area (Å²) in [5.74, 6) is 0.335. The normalized spacial score (nSPS) is 15.5. The number of likely N-dealkylation sites (tertiary alicyclic amines) is 1. The number of nitrogens with one attached hydrogen (secondary N) is 1. The molecule has 0 aromatic heterocycles. The minimum Gasteiger partial charge on any atom is -0.356 e. The van der Waals surface area contributed by atoms with E-state index in [0.29, 0.717) is 31.0 Å². The first-order chi connectivity index (χ1) is 11.1. The molecule has 2 amide bonds. The van der Waals surface area contributed by atoms with E-state index in [-0.39, 0.29) is 17.7 Å². The van der Waals surface area contributed by atoms with Gasteiger partial charge in [0.2, 0.25) is 11.8 Å². The molecule has 1 aromatic rings. The van der Waals surface area contributed by atoms with Gasteiger partial charge >= 0.3 is 0 Å². The Hall–Kier alpha value is -1.55. The first kappa shape index (κ1) is 17.8. The van der Waals surface area contributed by atoms with Gasteiger partial charge in [-0.15, -0.1) is 0 Å². The number of carbonyl (C=O) groups excluding carboxylic acids is 2. The van der Waals surface area contributed by atoms with Gasteiger partial charge in [0, 0.05) is 37.0 Å². The molecule has 0 aliphatic carbocycles. The third-order valence-corrected chi connectivity index (χ3v) is 4.70. The van der Waals surface area contributed by atoms with E-state index in [1.807, 2.05) is 36.1 Å². The summed E-state index contributed by atoms with van der Waals surface area (Å²) in [5, 5.41) is 3.66. The summed E-state index contributed by atoms with van der Waals surface area (Å²) in [6.45, 7) is 4.12. The number of halogens is 1. The molecule has 0 spiro atoms. The van der Waals surface area contributed by atoms with Crippen LogP contribution in [-0.2, 0) is 16.0 Å². The number of aryl methyl sites for hydroxylation is 1. The van der Waals surface area contributed by atoms with Crippen molar-refractivity contribution in [2.24, 2.45) is 5.92 Å². The maximum absolute atomic E-state index is 12.3. The number of nitrogens with zero attached hydrogens (tertiary/aromatic N) is 1. The van der Waals surface area contributed by atoms with Gasteiger partial charge in [0.15, 0.2) is 0 Å². The molecule has 0 radical (unpaired) electrons. The van der Waals surface area contributed by atoms with Crippen LogP contribution in [0.3, 0.4) is 0 Å². The van der Waals surface area contributed by atoms with Crippen LogP contribution >= 0.6 is 11.6 Å². The number of rotatable bonds is 6. The van der Waals surface area contributed by atoms with Crippen LogP contribution in [0.25, 0.3) is 0 Å². The van der Waals surface area contributed by atoms with Crippen molar-refractivity contribution in [3.8, 4) is 0 Å². The number of carbonyl (C=O) groups is 2. The summed E-state index contributed by atoms with van der Waals surface area (Å²) in [4.78, 5) is 26.1. The Balaban J connectivity index is 1.75. The molecule has 1 saturated heterocycles. The molecule has 0 unspecified atom stereocenters. The average Bonchev–Trinajstić information content (AvgIpc) is 2.59. The van der Waals surface area contributed by atoms with Crippen molar-refractivity contribution < 1.29 is 9.59 Å². The van der Waals surface area contributed by atoms with Gasteiger partial charge in [-0.1, -0.05) is 36.7 Å². The number of benzene rings is 1. The van der Waals surface area contributed by atoms with Gasteiger partial charge in [0.25, 0.3) is 0 Å². The molecule has 5 heteroatoms. The van der Waals surface area contributed by atoms with E-state index in [2.05, 4.69) is 5.32 Å². The molecule has 1 aromatic carbocycles. The molecule has 2 rings (SSSR count). The van der Waals surface area contributed by atoms with E-state index in [4.69, 9.17) is 11.6 Å². The van der Waals surface area contributed by atoms with Crippen LogP contribution in [0, 0.1) is 5.92 Å². The molecule has 1 N–H and O–H groups in total. The van der Waals surface area contributed by atoms with Crippen molar-refractivity contribution in [1.82, 2.24) is 10.2 Å². The highest BCUT2D eigenvalue weighted by Crippen LogP contribution is 2.20. The van der Waals surface area contributed by atoms with Gasteiger partial charge in [-0.3, -0.25) is 9.59 Å². The smallest absolute Gasteiger partial charge is 0.223 e. The number of piperidine rings is 1. The van der Waals surface area contributed by atoms with Gasteiger partial charge in [0.05, 0.1) is 0 Å². The van der Waals surface area contributed by atoms with Gasteiger partial charge in [-0.05, 0) is 37.3 Å². The van der Waals surface area contributed by atoms with Crippen LogP contribution in [0.2, 0.25) is 5.02 Å². The van der Waals surface area contributed by atoms with E-state index in [9.17, 15) is 9.59 Å². The summed E-state index contributed by atoms with van der Waals surface area (Å²) in [6.07, 6.45) is 3.59. The van der Waals surface area contributed by atoms with E-state index < -0.39 is 0 Å². The molecule has 126 valence electrons. The van der Waals surface area contributed by atoms with Crippen molar-refractivity contribution in [3.05, 3.63) is 34.9 Å². The first-order valence-electron chi connectivity index (χ1n) is 8.40. The van der Waals surface area contributed by atoms with Crippen molar-refractivity contribution in [2.75, 3.05) is 19.6 Å². The second kappa shape index (κ2) is 8.92. The number of hydrogen-bond acceptors (Lipinski definition) is 2. The minimum atomic E-state index is 0.0502. The van der Waals surface area contributed by atoms with Crippen LogP contribution < -0.4 is 5.32 Å². The van der Waals surface area contributed by atoms with Gasteiger partial charge in [0.1, 0.15) is 0 Å². The number of amides is 2. The lowest BCUT2D eigenvalue weighted by Gasteiger charge is -2.31. The van der Waals surface area contributed by atoms with Crippen LogP contribution in [0.4, 0.5) is 0 Å². The van der Waals surface area contributed by atoms with Crippen molar-refractivity contribution in [1.29, 1.82) is 0 Å². The summed E-state index contributed by atoms with van der Waals surface area (Å²) in [6, 6.07) is 7.63. The largest absolute Gasteiger partial charge is 0.356 e. The van der Waals surface area contributed by atoms with Crippen LogP contribution in [0.1, 0.15) is 38.2 Å². The van der Waals surface area contributed by atoms with Crippen molar-refractivity contribution in [2.45, 2.75) is 39.0 Å². The molecule has 1 heterocycles. The predicted octanol–water partition coefficient (Wildman–Crippen LogP) is 3.04.